The Bertz CT molecular complexity index is 295. The van der Waals surface area contributed by atoms with Crippen LogP contribution in [0.3, 0.4) is 0 Å². The molecule has 0 unspecified atom stereocenters. The number of hydrogen-bond acceptors (Lipinski definition) is 2. The summed E-state index contributed by atoms with van der Waals surface area (Å²) in [6, 6.07) is 5.85. The van der Waals surface area contributed by atoms with Crippen molar-refractivity contribution in [3.8, 4) is 5.75 Å². The second-order valence-electron chi connectivity index (χ2n) is 3.46. The Morgan fingerprint density at radius 3 is 1.75 bits per heavy atom. The van der Waals surface area contributed by atoms with Gasteiger partial charge in [0.15, 0.2) is 0 Å². The van der Waals surface area contributed by atoms with E-state index in [2.05, 4.69) is 4.74 Å². The van der Waals surface area contributed by atoms with Gasteiger partial charge in [-0.2, -0.15) is 0 Å². The maximum absolute atomic E-state index is 11.6. The van der Waals surface area contributed by atoms with Crippen LogP contribution in [-0.2, 0) is 0 Å². The Kier molecular flexibility index (Phi) is 6.82. The van der Waals surface area contributed by atoms with Gasteiger partial charge in [0.25, 0.3) is 0 Å². The van der Waals surface area contributed by atoms with Crippen molar-refractivity contribution in [3.63, 3.8) is 0 Å². The van der Waals surface area contributed by atoms with E-state index in [1.807, 2.05) is 26.0 Å². The molecule has 0 saturated carbocycles. The number of alkyl halides is 3. The van der Waals surface area contributed by atoms with E-state index >= 15 is 0 Å². The molecule has 1 aromatic carbocycles. The second kappa shape index (κ2) is 7.00. The van der Waals surface area contributed by atoms with Crippen LogP contribution in [0.1, 0.15) is 0 Å². The molecule has 0 heterocycles. The number of ether oxygens (including phenoxy) is 1. The van der Waals surface area contributed by atoms with Gasteiger partial charge in [0.2, 0.25) is 0 Å². The van der Waals surface area contributed by atoms with Crippen LogP contribution in [0.5, 0.6) is 5.75 Å². The van der Waals surface area contributed by atoms with Crippen LogP contribution < -0.4 is 8.32 Å². The van der Waals surface area contributed by atoms with E-state index in [1.54, 1.807) is 12.1 Å². The van der Waals surface area contributed by atoms with E-state index < -0.39 is 6.36 Å². The molecular formula is C10H14F3NOSn. The zero-order chi connectivity index (χ0) is 12.8. The molecule has 0 amide bonds. The molecule has 0 aromatic heterocycles. The number of nitrogens with zero attached hydrogens (tertiary/aromatic N) is 1. The topological polar surface area (TPSA) is 12.5 Å². The van der Waals surface area contributed by atoms with E-state index in [1.165, 1.54) is 12.1 Å². The molecule has 2 radical (unpaired) electrons. The van der Waals surface area contributed by atoms with Crippen LogP contribution in [0.2, 0.25) is 0 Å². The van der Waals surface area contributed by atoms with Gasteiger partial charge in [-0.1, -0.05) is 0 Å². The molecular weight excluding hydrogens is 326 g/mol. The first-order chi connectivity index (χ1) is 7.20. The summed E-state index contributed by atoms with van der Waals surface area (Å²) in [5.41, 5.74) is 0. The van der Waals surface area contributed by atoms with Crippen molar-refractivity contribution in [2.45, 2.75) is 6.36 Å². The summed E-state index contributed by atoms with van der Waals surface area (Å²) in [6.07, 6.45) is -4.59. The van der Waals surface area contributed by atoms with Crippen molar-refractivity contribution in [2.24, 2.45) is 0 Å². The first-order valence-electron chi connectivity index (χ1n) is 4.43. The quantitative estimate of drug-likeness (QED) is 0.715. The van der Waals surface area contributed by atoms with E-state index in [0.29, 0.717) is 0 Å². The third kappa shape index (κ3) is 10.1. The van der Waals surface area contributed by atoms with Gasteiger partial charge in [-0.05, 0) is 21.1 Å². The fourth-order valence-corrected chi connectivity index (χ4v) is 1.22. The molecule has 1 aromatic rings. The molecule has 2 nitrogen and oxygen atoms in total. The van der Waals surface area contributed by atoms with Crippen molar-refractivity contribution in [2.75, 3.05) is 21.1 Å². The molecule has 0 N–H and O–H groups in total. The zero-order valence-electron chi connectivity index (χ0n) is 9.38. The van der Waals surface area contributed by atoms with Crippen LogP contribution in [0.25, 0.3) is 0 Å². The van der Waals surface area contributed by atoms with E-state index in [-0.39, 0.29) is 5.75 Å². The molecule has 16 heavy (non-hydrogen) atoms. The van der Waals surface area contributed by atoms with Gasteiger partial charge < -0.3 is 4.90 Å². The first-order valence-corrected chi connectivity index (χ1v) is 6.07. The van der Waals surface area contributed by atoms with Crippen molar-refractivity contribution in [1.82, 2.24) is 4.90 Å². The average molecular weight is 340 g/mol. The van der Waals surface area contributed by atoms with Crippen LogP contribution in [-0.4, -0.2) is 54.9 Å². The molecule has 0 aliphatic rings. The summed E-state index contributed by atoms with van der Waals surface area (Å²) < 4.78 is 39.6. The molecule has 0 saturated heterocycles. The molecule has 90 valence electrons. The Balaban J connectivity index is 0.000000487. The zero-order valence-corrected chi connectivity index (χ0v) is 12.7. The molecule has 6 heteroatoms. The second-order valence-corrected chi connectivity index (χ2v) is 5.36. The van der Waals surface area contributed by atoms with E-state index in [0.717, 1.165) is 26.1 Å². The van der Waals surface area contributed by atoms with Crippen LogP contribution >= 0.6 is 0 Å². The molecule has 0 spiro atoms. The van der Waals surface area contributed by atoms with Gasteiger partial charge in [0, 0.05) is 0 Å². The molecule has 0 atom stereocenters. The first kappa shape index (κ1) is 15.6. The average Bonchev–Trinajstić information content (AvgIpc) is 2.05. The summed E-state index contributed by atoms with van der Waals surface area (Å²) in [5, 5.41) is 0. The summed E-state index contributed by atoms with van der Waals surface area (Å²) in [7, 11) is 6.00. The summed E-state index contributed by atoms with van der Waals surface area (Å²) in [6.45, 7) is 0. The van der Waals surface area contributed by atoms with Gasteiger partial charge in [-0.15, -0.1) is 0 Å². The number of rotatable bonds is 1. The van der Waals surface area contributed by atoms with E-state index in [4.69, 9.17) is 0 Å². The van der Waals surface area contributed by atoms with Crippen LogP contribution in [0, 0.1) is 0 Å². The molecule has 1 rings (SSSR count). The van der Waals surface area contributed by atoms with Crippen molar-refractivity contribution >= 4 is 26.1 Å². The minimum absolute atomic E-state index is 0.166. The fraction of sp³-hybridized carbons (Fsp3) is 0.400. The Hall–Kier alpha value is -0.431. The van der Waals surface area contributed by atoms with Crippen molar-refractivity contribution in [3.05, 3.63) is 24.3 Å². The van der Waals surface area contributed by atoms with Crippen LogP contribution in [0.4, 0.5) is 13.2 Å². The summed E-state index contributed by atoms with van der Waals surface area (Å²) >= 11 is 0.888. The predicted octanol–water partition coefficient (Wildman–Crippen LogP) is 1.29. The summed E-state index contributed by atoms with van der Waals surface area (Å²) in [5.74, 6) is -0.166. The van der Waals surface area contributed by atoms with Gasteiger partial charge in [0.1, 0.15) is 0 Å². The fourth-order valence-electron chi connectivity index (χ4n) is 0.669. The monoisotopic (exact) mass is 341 g/mol. The summed E-state index contributed by atoms with van der Waals surface area (Å²) in [4.78, 5) is 2.00. The molecule has 0 aliphatic heterocycles. The number of halogens is 3. The molecule has 0 bridgehead atoms. The Morgan fingerprint density at radius 2 is 1.44 bits per heavy atom. The maximum atomic E-state index is 11.6. The molecule has 0 aliphatic carbocycles. The number of hydrogen-bond donors (Lipinski definition) is 0. The Morgan fingerprint density at radius 1 is 1.06 bits per heavy atom. The predicted molar refractivity (Wildman–Crippen MR) is 59.5 cm³/mol. The third-order valence-corrected chi connectivity index (χ3v) is 2.21. The minimum atomic E-state index is -4.59. The number of benzene rings is 1. The SMILES string of the molecule is CN(C)C.FC(F)(F)Oc1cc[c]([SnH])cc1. The van der Waals surface area contributed by atoms with Crippen LogP contribution in [0.15, 0.2) is 24.3 Å². The normalized spacial score (nSPS) is 10.8. The van der Waals surface area contributed by atoms with Gasteiger partial charge >= 0.3 is 80.4 Å². The van der Waals surface area contributed by atoms with Gasteiger partial charge in [-0.25, -0.2) is 0 Å². The van der Waals surface area contributed by atoms with Crippen molar-refractivity contribution < 1.29 is 17.9 Å². The van der Waals surface area contributed by atoms with Gasteiger partial charge in [0.05, 0.1) is 0 Å². The standard InChI is InChI=1S/C7H4F3O.C3H9N.Sn.H/c8-7(9,10)11-6-4-2-1-3-5-6;1-4(2)3;;/h2-5H;1-3H3;;. The van der Waals surface area contributed by atoms with Gasteiger partial charge in [-0.3, -0.25) is 0 Å². The molecule has 0 fully saturated rings. The van der Waals surface area contributed by atoms with Crippen molar-refractivity contribution in [1.29, 1.82) is 0 Å². The Labute approximate surface area is 106 Å². The third-order valence-electron chi connectivity index (χ3n) is 1.11. The van der Waals surface area contributed by atoms with E-state index in [9.17, 15) is 13.2 Å².